The summed E-state index contributed by atoms with van der Waals surface area (Å²) in [6, 6.07) is 8.19. The van der Waals surface area contributed by atoms with E-state index in [1.807, 2.05) is 17.9 Å². The molecule has 0 radical (unpaired) electrons. The Bertz CT molecular complexity index is 1180. The fourth-order valence-corrected chi connectivity index (χ4v) is 3.45. The van der Waals surface area contributed by atoms with E-state index in [1.54, 1.807) is 30.4 Å². The number of halogens is 1. The fraction of sp³-hybridized carbons (Fsp3) is 0.261. The Morgan fingerprint density at radius 1 is 1.42 bits per heavy atom. The molecule has 0 spiro atoms. The van der Waals surface area contributed by atoms with Crippen LogP contribution in [0.5, 0.6) is 5.75 Å². The first kappa shape index (κ1) is 20.4. The third-order valence-corrected chi connectivity index (χ3v) is 4.94. The number of carbonyl (C=O) groups is 1. The number of hydrogen-bond donors (Lipinski definition) is 2. The average molecular weight is 419 g/mol. The van der Waals surface area contributed by atoms with Crippen molar-refractivity contribution in [2.24, 2.45) is 0 Å². The zero-order valence-electron chi connectivity index (χ0n) is 17.1. The molecule has 3 heterocycles. The van der Waals surface area contributed by atoms with Gasteiger partial charge in [-0.15, -0.1) is 0 Å². The number of nitrogens with zero attached hydrogens (tertiary/aromatic N) is 3. The van der Waals surface area contributed by atoms with E-state index >= 15 is 0 Å². The van der Waals surface area contributed by atoms with Gasteiger partial charge in [-0.2, -0.15) is 0 Å². The summed E-state index contributed by atoms with van der Waals surface area (Å²) in [5.74, 6) is 6.32. The minimum atomic E-state index is -0.418. The van der Waals surface area contributed by atoms with Gasteiger partial charge < -0.3 is 19.9 Å². The summed E-state index contributed by atoms with van der Waals surface area (Å²) >= 11 is 0. The molecule has 1 aromatic carbocycles. The number of rotatable bonds is 5. The van der Waals surface area contributed by atoms with Gasteiger partial charge in [0.1, 0.15) is 24.4 Å². The topological polar surface area (TPSA) is 83.1 Å². The van der Waals surface area contributed by atoms with E-state index < -0.39 is 5.82 Å². The van der Waals surface area contributed by atoms with Gasteiger partial charge >= 0.3 is 0 Å². The van der Waals surface area contributed by atoms with Crippen LogP contribution in [0.1, 0.15) is 19.0 Å². The van der Waals surface area contributed by atoms with Crippen LogP contribution in [0.2, 0.25) is 0 Å². The van der Waals surface area contributed by atoms with E-state index in [4.69, 9.17) is 4.74 Å². The van der Waals surface area contributed by atoms with Crippen LogP contribution in [0.3, 0.4) is 0 Å². The molecule has 1 fully saturated rings. The third kappa shape index (κ3) is 4.83. The maximum absolute atomic E-state index is 13.6. The number of H-pyrrole nitrogens is 1. The van der Waals surface area contributed by atoms with Gasteiger partial charge in [0, 0.05) is 19.1 Å². The van der Waals surface area contributed by atoms with Gasteiger partial charge in [-0.3, -0.25) is 4.79 Å². The van der Waals surface area contributed by atoms with Crippen LogP contribution in [-0.2, 0) is 4.79 Å². The Morgan fingerprint density at radius 2 is 2.29 bits per heavy atom. The second-order valence-corrected chi connectivity index (χ2v) is 7.10. The summed E-state index contributed by atoms with van der Waals surface area (Å²) in [5.41, 5.74) is 1.32. The number of anilines is 1. The molecule has 2 N–H and O–H groups in total. The maximum atomic E-state index is 13.6. The lowest BCUT2D eigenvalue weighted by molar-refractivity contribution is -0.125. The largest absolute Gasteiger partial charge is 0.478 e. The predicted octanol–water partition coefficient (Wildman–Crippen LogP) is 3.12. The van der Waals surface area contributed by atoms with E-state index in [0.29, 0.717) is 30.2 Å². The zero-order valence-corrected chi connectivity index (χ0v) is 17.1. The number of ether oxygens (including phenoxy) is 1. The molecule has 158 valence electrons. The SMILES string of the molecule is C/C=C/C(=O)N1CC[C@@H](Nc2ncnc3[nH]c(C#CCOc4ccccc4F)cc23)C1. The van der Waals surface area contributed by atoms with Crippen molar-refractivity contribution in [1.82, 2.24) is 19.9 Å². The number of hydrogen-bond acceptors (Lipinski definition) is 5. The van der Waals surface area contributed by atoms with Gasteiger partial charge in [0.2, 0.25) is 5.91 Å². The number of amides is 1. The molecule has 0 unspecified atom stereocenters. The highest BCUT2D eigenvalue weighted by Gasteiger charge is 2.25. The van der Waals surface area contributed by atoms with Gasteiger partial charge in [-0.1, -0.05) is 24.1 Å². The standard InChI is InChI=1S/C23H22FN5O2/c1-2-6-21(30)29-11-10-17(14-29)28-23-18-13-16(27-22(18)25-15-26-23)7-5-12-31-20-9-4-3-8-19(20)24/h2-4,6,8-9,13,15,17H,10-12,14H2,1H3,(H2,25,26,27,28)/b6-2+/t17-/m1/s1. The normalized spacial score (nSPS) is 15.8. The highest BCUT2D eigenvalue weighted by Crippen LogP contribution is 2.23. The number of likely N-dealkylation sites (tertiary alicyclic amines) is 1. The van der Waals surface area contributed by atoms with Crippen LogP contribution in [0.25, 0.3) is 11.0 Å². The lowest BCUT2D eigenvalue weighted by Crippen LogP contribution is -2.30. The van der Waals surface area contributed by atoms with Gasteiger partial charge in [0.15, 0.2) is 11.6 Å². The summed E-state index contributed by atoms with van der Waals surface area (Å²) in [6.07, 6.45) is 5.66. The van der Waals surface area contributed by atoms with E-state index in [1.165, 1.54) is 12.4 Å². The monoisotopic (exact) mass is 419 g/mol. The third-order valence-electron chi connectivity index (χ3n) is 4.94. The van der Waals surface area contributed by atoms with Crippen molar-refractivity contribution in [3.63, 3.8) is 0 Å². The number of fused-ring (bicyclic) bond motifs is 1. The molecular formula is C23H22FN5O2. The van der Waals surface area contributed by atoms with Gasteiger partial charge in [-0.25, -0.2) is 14.4 Å². The molecule has 1 saturated heterocycles. The smallest absolute Gasteiger partial charge is 0.246 e. The van der Waals surface area contributed by atoms with Crippen LogP contribution < -0.4 is 10.1 Å². The number of para-hydroxylation sites is 1. The lowest BCUT2D eigenvalue weighted by Gasteiger charge is -2.16. The van der Waals surface area contributed by atoms with Crippen molar-refractivity contribution in [2.75, 3.05) is 25.0 Å². The van der Waals surface area contributed by atoms with Crippen LogP contribution >= 0.6 is 0 Å². The molecule has 8 heteroatoms. The predicted molar refractivity (Wildman–Crippen MR) is 116 cm³/mol. The van der Waals surface area contributed by atoms with Crippen molar-refractivity contribution in [2.45, 2.75) is 19.4 Å². The van der Waals surface area contributed by atoms with Crippen molar-refractivity contribution >= 4 is 22.8 Å². The maximum Gasteiger partial charge on any atom is 0.246 e. The second-order valence-electron chi connectivity index (χ2n) is 7.10. The van der Waals surface area contributed by atoms with Crippen LogP contribution in [0.15, 0.2) is 48.8 Å². The van der Waals surface area contributed by atoms with Crippen molar-refractivity contribution in [3.8, 4) is 17.6 Å². The Hall–Kier alpha value is -3.86. The Labute approximate surface area is 179 Å². The molecule has 1 atom stereocenters. The molecule has 2 aromatic heterocycles. The van der Waals surface area contributed by atoms with Crippen LogP contribution in [-0.4, -0.2) is 51.5 Å². The first-order valence-electron chi connectivity index (χ1n) is 10.0. The Morgan fingerprint density at radius 3 is 3.13 bits per heavy atom. The molecule has 7 nitrogen and oxygen atoms in total. The van der Waals surface area contributed by atoms with Crippen molar-refractivity contribution in [3.05, 3.63) is 60.3 Å². The Kier molecular flexibility index (Phi) is 6.13. The number of benzene rings is 1. The molecule has 1 amide bonds. The zero-order chi connectivity index (χ0) is 21.6. The first-order chi connectivity index (χ1) is 15.1. The molecule has 1 aliphatic rings. The van der Waals surface area contributed by atoms with Gasteiger partial charge in [-0.05, 0) is 43.5 Å². The summed E-state index contributed by atoms with van der Waals surface area (Å²) in [5, 5.41) is 4.23. The number of nitrogens with one attached hydrogen (secondary N) is 2. The Balaban J connectivity index is 1.42. The summed E-state index contributed by atoms with van der Waals surface area (Å²) in [4.78, 5) is 25.6. The molecule has 1 aliphatic heterocycles. The second kappa shape index (κ2) is 9.30. The van der Waals surface area contributed by atoms with E-state index in [2.05, 4.69) is 32.1 Å². The fourth-order valence-electron chi connectivity index (χ4n) is 3.45. The number of aromatic nitrogens is 3. The summed E-state index contributed by atoms with van der Waals surface area (Å²) in [7, 11) is 0. The van der Waals surface area contributed by atoms with Crippen molar-refractivity contribution < 1.29 is 13.9 Å². The molecule has 31 heavy (non-hydrogen) atoms. The van der Waals surface area contributed by atoms with Crippen LogP contribution in [0, 0.1) is 17.7 Å². The van der Waals surface area contributed by atoms with Gasteiger partial charge in [0.05, 0.1) is 11.1 Å². The number of allylic oxidation sites excluding steroid dienone is 1. The summed E-state index contributed by atoms with van der Waals surface area (Å²) < 4.78 is 18.9. The van der Waals surface area contributed by atoms with Gasteiger partial charge in [0.25, 0.3) is 0 Å². The van der Waals surface area contributed by atoms with E-state index in [9.17, 15) is 9.18 Å². The molecule has 0 bridgehead atoms. The minimum absolute atomic E-state index is 0.0245. The average Bonchev–Trinajstić information content (AvgIpc) is 3.40. The lowest BCUT2D eigenvalue weighted by atomic mass is 10.2. The molecule has 0 saturated carbocycles. The highest BCUT2D eigenvalue weighted by atomic mass is 19.1. The van der Waals surface area contributed by atoms with Crippen LogP contribution in [0.4, 0.5) is 10.2 Å². The minimum Gasteiger partial charge on any atom is -0.478 e. The first-order valence-corrected chi connectivity index (χ1v) is 10.0. The highest BCUT2D eigenvalue weighted by molar-refractivity contribution is 5.89. The van der Waals surface area contributed by atoms with E-state index in [-0.39, 0.29) is 24.3 Å². The quantitative estimate of drug-likeness (QED) is 0.491. The molecular weight excluding hydrogens is 397 g/mol. The molecule has 3 aromatic rings. The molecule has 0 aliphatic carbocycles. The summed E-state index contributed by atoms with van der Waals surface area (Å²) in [6.45, 7) is 3.23. The number of carbonyl (C=O) groups excluding carboxylic acids is 1. The van der Waals surface area contributed by atoms with Crippen molar-refractivity contribution in [1.29, 1.82) is 0 Å². The number of aromatic amines is 1. The molecule has 4 rings (SSSR count). The van der Waals surface area contributed by atoms with E-state index in [0.717, 1.165) is 11.8 Å².